The summed E-state index contributed by atoms with van der Waals surface area (Å²) in [4.78, 5) is 2.58. The molecule has 3 rings (SSSR count). The molecule has 100 valence electrons. The average molecular weight is 283 g/mol. The van der Waals surface area contributed by atoms with Gasteiger partial charge in [0.25, 0.3) is 0 Å². The number of unbranched alkanes of at least 4 members (excludes halogenated alkanes) is 2. The standard InChI is InChI=1S/C13H21N3S2/c1-2-3-4-7-17-13-12(14-18-15-13)11-9-16-6-5-10(11)8-16/h10-11H,2-9H2,1H3/t10-,11+/m0/s1. The van der Waals surface area contributed by atoms with Crippen LogP contribution in [0.4, 0.5) is 0 Å². The van der Waals surface area contributed by atoms with Crippen molar-refractivity contribution in [3.05, 3.63) is 5.69 Å². The van der Waals surface area contributed by atoms with Crippen LogP contribution in [0.5, 0.6) is 0 Å². The first kappa shape index (κ1) is 12.9. The number of fused-ring (bicyclic) bond motifs is 2. The molecule has 0 aliphatic carbocycles. The molecular weight excluding hydrogens is 262 g/mol. The van der Waals surface area contributed by atoms with Crippen molar-refractivity contribution in [1.82, 2.24) is 13.6 Å². The highest BCUT2D eigenvalue weighted by atomic mass is 32.2. The third-order valence-electron chi connectivity index (χ3n) is 4.15. The molecule has 1 aromatic heterocycles. The van der Waals surface area contributed by atoms with Crippen LogP contribution in [0.3, 0.4) is 0 Å². The van der Waals surface area contributed by atoms with Gasteiger partial charge in [0, 0.05) is 19.0 Å². The van der Waals surface area contributed by atoms with Crippen LogP contribution in [0.1, 0.15) is 44.2 Å². The average Bonchev–Trinajstić information content (AvgIpc) is 3.09. The Morgan fingerprint density at radius 1 is 1.33 bits per heavy atom. The number of nitrogens with zero attached hydrogens (tertiary/aromatic N) is 3. The largest absolute Gasteiger partial charge is 0.302 e. The van der Waals surface area contributed by atoms with Gasteiger partial charge in [-0.3, -0.25) is 0 Å². The minimum atomic E-state index is 0.672. The minimum Gasteiger partial charge on any atom is -0.302 e. The molecule has 2 aliphatic heterocycles. The van der Waals surface area contributed by atoms with Crippen molar-refractivity contribution in [3.8, 4) is 0 Å². The Labute approximate surface area is 118 Å². The lowest BCUT2D eigenvalue weighted by Crippen LogP contribution is -2.22. The van der Waals surface area contributed by atoms with Gasteiger partial charge >= 0.3 is 0 Å². The molecule has 0 aromatic carbocycles. The summed E-state index contributed by atoms with van der Waals surface area (Å²) in [5, 5.41) is 1.23. The van der Waals surface area contributed by atoms with Crippen molar-refractivity contribution in [1.29, 1.82) is 0 Å². The maximum Gasteiger partial charge on any atom is 0.134 e. The molecule has 3 heterocycles. The van der Waals surface area contributed by atoms with Crippen molar-refractivity contribution < 1.29 is 0 Å². The van der Waals surface area contributed by atoms with Gasteiger partial charge in [-0.1, -0.05) is 19.8 Å². The Balaban J connectivity index is 1.61. The van der Waals surface area contributed by atoms with Gasteiger partial charge in [-0.05, 0) is 31.1 Å². The maximum absolute atomic E-state index is 4.60. The summed E-state index contributed by atoms with van der Waals surface area (Å²) in [6, 6.07) is 0. The third-order valence-corrected chi connectivity index (χ3v) is 5.88. The number of piperidine rings is 1. The van der Waals surface area contributed by atoms with E-state index in [0.717, 1.165) is 5.92 Å². The Bertz CT molecular complexity index is 393. The fraction of sp³-hybridized carbons (Fsp3) is 0.846. The highest BCUT2D eigenvalue weighted by Crippen LogP contribution is 2.42. The molecule has 0 spiro atoms. The van der Waals surface area contributed by atoms with E-state index in [9.17, 15) is 0 Å². The Morgan fingerprint density at radius 2 is 2.28 bits per heavy atom. The summed E-state index contributed by atoms with van der Waals surface area (Å²) in [5.74, 6) is 2.72. The zero-order valence-electron chi connectivity index (χ0n) is 11.0. The zero-order valence-corrected chi connectivity index (χ0v) is 12.6. The molecule has 2 bridgehead atoms. The quantitative estimate of drug-likeness (QED) is 0.592. The molecule has 5 heteroatoms. The lowest BCUT2D eigenvalue weighted by molar-refractivity contribution is 0.342. The summed E-state index contributed by atoms with van der Waals surface area (Å²) >= 11 is 3.33. The molecule has 0 radical (unpaired) electrons. The second kappa shape index (κ2) is 5.88. The van der Waals surface area contributed by atoms with E-state index >= 15 is 0 Å². The highest BCUT2D eigenvalue weighted by Gasteiger charge is 2.41. The van der Waals surface area contributed by atoms with Gasteiger partial charge in [-0.2, -0.15) is 8.75 Å². The fourth-order valence-electron chi connectivity index (χ4n) is 3.13. The summed E-state index contributed by atoms with van der Waals surface area (Å²) in [6.45, 7) is 6.07. The molecule has 2 saturated heterocycles. The number of hydrogen-bond donors (Lipinski definition) is 0. The SMILES string of the molecule is CCCCCSc1nsnc1[C@@H]1CN2CC[C@H]1C2. The van der Waals surface area contributed by atoms with E-state index in [4.69, 9.17) is 0 Å². The van der Waals surface area contributed by atoms with Gasteiger partial charge in [0.15, 0.2) is 0 Å². The van der Waals surface area contributed by atoms with Gasteiger partial charge in [0.1, 0.15) is 5.03 Å². The number of hydrogen-bond acceptors (Lipinski definition) is 5. The summed E-state index contributed by atoms with van der Waals surface area (Å²) in [5.41, 5.74) is 1.31. The number of rotatable bonds is 6. The minimum absolute atomic E-state index is 0.672. The van der Waals surface area contributed by atoms with E-state index < -0.39 is 0 Å². The van der Waals surface area contributed by atoms with Crippen molar-refractivity contribution in [2.24, 2.45) is 5.92 Å². The molecular formula is C13H21N3S2. The third kappa shape index (κ3) is 2.58. The topological polar surface area (TPSA) is 29.0 Å². The van der Waals surface area contributed by atoms with E-state index in [1.54, 1.807) is 0 Å². The lowest BCUT2D eigenvalue weighted by atomic mass is 9.90. The van der Waals surface area contributed by atoms with Gasteiger partial charge in [-0.25, -0.2) is 0 Å². The first-order chi connectivity index (χ1) is 8.88. The lowest BCUT2D eigenvalue weighted by Gasteiger charge is -2.20. The van der Waals surface area contributed by atoms with Crippen LogP contribution in [0.25, 0.3) is 0 Å². The Kier molecular flexibility index (Phi) is 4.21. The molecule has 3 nitrogen and oxygen atoms in total. The predicted molar refractivity (Wildman–Crippen MR) is 77.4 cm³/mol. The fourth-order valence-corrected chi connectivity index (χ4v) is 4.90. The Morgan fingerprint density at radius 3 is 3.00 bits per heavy atom. The van der Waals surface area contributed by atoms with Crippen molar-refractivity contribution >= 4 is 23.5 Å². The molecule has 1 unspecified atom stereocenters. The molecule has 2 aliphatic rings. The van der Waals surface area contributed by atoms with Crippen LogP contribution in [0, 0.1) is 5.92 Å². The van der Waals surface area contributed by atoms with Gasteiger partial charge in [-0.15, -0.1) is 11.8 Å². The van der Waals surface area contributed by atoms with Crippen molar-refractivity contribution in [2.75, 3.05) is 25.4 Å². The first-order valence-electron chi connectivity index (χ1n) is 7.06. The van der Waals surface area contributed by atoms with Crippen LogP contribution in [0.2, 0.25) is 0 Å². The van der Waals surface area contributed by atoms with E-state index in [0.29, 0.717) is 5.92 Å². The predicted octanol–water partition coefficient (Wildman–Crippen LogP) is 3.24. The number of aromatic nitrogens is 2. The van der Waals surface area contributed by atoms with Gasteiger partial charge in [0.05, 0.1) is 17.4 Å². The van der Waals surface area contributed by atoms with E-state index in [2.05, 4.69) is 20.6 Å². The molecule has 18 heavy (non-hydrogen) atoms. The molecule has 3 atom stereocenters. The summed E-state index contributed by atoms with van der Waals surface area (Å²) < 4.78 is 9.12. The van der Waals surface area contributed by atoms with Crippen LogP contribution >= 0.6 is 23.5 Å². The Hall–Kier alpha value is -0.130. The highest BCUT2D eigenvalue weighted by molar-refractivity contribution is 7.99. The monoisotopic (exact) mass is 283 g/mol. The van der Waals surface area contributed by atoms with Crippen molar-refractivity contribution in [2.45, 2.75) is 43.6 Å². The molecule has 0 amide bonds. The van der Waals surface area contributed by atoms with Gasteiger partial charge < -0.3 is 4.90 Å². The van der Waals surface area contributed by atoms with E-state index in [1.807, 2.05) is 11.8 Å². The van der Waals surface area contributed by atoms with Gasteiger partial charge in [0.2, 0.25) is 0 Å². The maximum atomic E-state index is 4.60. The first-order valence-corrected chi connectivity index (χ1v) is 8.77. The molecule has 0 N–H and O–H groups in total. The van der Waals surface area contributed by atoms with Crippen LogP contribution in [-0.2, 0) is 0 Å². The van der Waals surface area contributed by atoms with E-state index in [1.165, 1.54) is 73.5 Å². The van der Waals surface area contributed by atoms with Crippen LogP contribution < -0.4 is 0 Å². The second-order valence-electron chi connectivity index (χ2n) is 5.43. The van der Waals surface area contributed by atoms with E-state index in [-0.39, 0.29) is 0 Å². The molecule has 0 saturated carbocycles. The van der Waals surface area contributed by atoms with Crippen molar-refractivity contribution in [3.63, 3.8) is 0 Å². The second-order valence-corrected chi connectivity index (χ2v) is 7.04. The van der Waals surface area contributed by atoms with Crippen LogP contribution in [0.15, 0.2) is 5.03 Å². The summed E-state index contributed by atoms with van der Waals surface area (Å²) in [6.07, 6.45) is 5.29. The normalized spacial score (nSPS) is 30.2. The summed E-state index contributed by atoms with van der Waals surface area (Å²) in [7, 11) is 0. The van der Waals surface area contributed by atoms with Crippen LogP contribution in [-0.4, -0.2) is 39.0 Å². The molecule has 1 aromatic rings. The molecule has 2 fully saturated rings. The number of thioether (sulfide) groups is 1. The smallest absolute Gasteiger partial charge is 0.134 e. The zero-order chi connectivity index (χ0) is 12.4.